The fraction of sp³-hybridized carbons (Fsp3) is 0.577. The van der Waals surface area contributed by atoms with Crippen LogP contribution >= 0.6 is 11.8 Å². The molecule has 2 saturated heterocycles. The number of carbonyl (C=O) groups excluding carboxylic acids is 1. The lowest BCUT2D eigenvalue weighted by Gasteiger charge is -2.42. The monoisotopic (exact) mass is 515 g/mol. The number of amides is 1. The van der Waals surface area contributed by atoms with Crippen LogP contribution in [0.25, 0.3) is 0 Å². The van der Waals surface area contributed by atoms with Crippen molar-refractivity contribution < 1.29 is 18.3 Å². The van der Waals surface area contributed by atoms with E-state index < -0.39 is 18.4 Å². The quantitative estimate of drug-likeness (QED) is 0.607. The second-order valence-electron chi connectivity index (χ2n) is 10.5. The number of piperidine rings is 1. The molecular formula is C26H31F2N5O2S. The number of halogens is 2. The molecule has 1 aliphatic carbocycles. The zero-order valence-electron chi connectivity index (χ0n) is 20.6. The van der Waals surface area contributed by atoms with E-state index in [2.05, 4.69) is 15.2 Å². The largest absolute Gasteiger partial charge is 0.380 e. The molecule has 0 radical (unpaired) electrons. The van der Waals surface area contributed by atoms with Crippen LogP contribution in [-0.4, -0.2) is 55.3 Å². The molecule has 2 aromatic rings. The zero-order chi connectivity index (χ0) is 25.1. The Balaban J connectivity index is 1.25. The molecule has 3 aliphatic heterocycles. The van der Waals surface area contributed by atoms with E-state index in [-0.39, 0.29) is 11.3 Å². The maximum Gasteiger partial charge on any atom is 0.293 e. The van der Waals surface area contributed by atoms with Crippen molar-refractivity contribution in [1.82, 2.24) is 9.97 Å². The maximum absolute atomic E-state index is 15.0. The Morgan fingerprint density at radius 1 is 1.17 bits per heavy atom. The average molecular weight is 516 g/mol. The highest BCUT2D eigenvalue weighted by Gasteiger charge is 2.63. The van der Waals surface area contributed by atoms with Gasteiger partial charge in [-0.25, -0.2) is 9.97 Å². The third-order valence-electron chi connectivity index (χ3n) is 8.45. The normalized spacial score (nSPS) is 22.8. The Morgan fingerprint density at radius 2 is 1.89 bits per heavy atom. The van der Waals surface area contributed by atoms with E-state index >= 15 is 0 Å². The van der Waals surface area contributed by atoms with Crippen molar-refractivity contribution in [2.75, 3.05) is 54.5 Å². The highest BCUT2D eigenvalue weighted by atomic mass is 32.2. The highest BCUT2D eigenvalue weighted by Crippen LogP contribution is 2.66. The van der Waals surface area contributed by atoms with Gasteiger partial charge in [0.05, 0.1) is 37.2 Å². The number of anilines is 3. The number of aromatic nitrogens is 2. The number of rotatable bonds is 5. The molecule has 3 fully saturated rings. The van der Waals surface area contributed by atoms with E-state index in [4.69, 9.17) is 9.72 Å². The van der Waals surface area contributed by atoms with Crippen LogP contribution in [0.4, 0.5) is 26.1 Å². The summed E-state index contributed by atoms with van der Waals surface area (Å²) in [5.41, 5.74) is 0.867. The molecule has 1 aromatic heterocycles. The van der Waals surface area contributed by atoms with Crippen LogP contribution < -0.4 is 15.1 Å². The second-order valence-corrected chi connectivity index (χ2v) is 11.5. The molecule has 2 spiro atoms. The average Bonchev–Trinajstić information content (AvgIpc) is 3.50. The summed E-state index contributed by atoms with van der Waals surface area (Å²) in [7, 11) is 0. The molecule has 1 N–H and O–H groups in total. The summed E-state index contributed by atoms with van der Waals surface area (Å²) < 4.78 is 35.9. The van der Waals surface area contributed by atoms with Gasteiger partial charge in [-0.3, -0.25) is 4.79 Å². The van der Waals surface area contributed by atoms with Crippen molar-refractivity contribution in [3.05, 3.63) is 30.0 Å². The van der Waals surface area contributed by atoms with Crippen molar-refractivity contribution in [3.63, 3.8) is 0 Å². The van der Waals surface area contributed by atoms with Crippen molar-refractivity contribution in [2.45, 2.75) is 55.4 Å². The lowest BCUT2D eigenvalue weighted by Crippen LogP contribution is -2.45. The van der Waals surface area contributed by atoms with Crippen LogP contribution in [0, 0.1) is 10.8 Å². The molecule has 4 aliphatic rings. The Morgan fingerprint density at radius 3 is 2.56 bits per heavy atom. The third kappa shape index (κ3) is 3.75. The lowest BCUT2D eigenvalue weighted by atomic mass is 9.68. The molecule has 10 heteroatoms. The van der Waals surface area contributed by atoms with Crippen molar-refractivity contribution in [2.24, 2.45) is 10.8 Å². The van der Waals surface area contributed by atoms with Gasteiger partial charge < -0.3 is 19.9 Å². The van der Waals surface area contributed by atoms with E-state index in [1.165, 1.54) is 31.5 Å². The molecule has 0 bridgehead atoms. The van der Waals surface area contributed by atoms with Gasteiger partial charge in [0, 0.05) is 42.3 Å². The van der Waals surface area contributed by atoms with Crippen molar-refractivity contribution in [3.8, 4) is 0 Å². The van der Waals surface area contributed by atoms with Gasteiger partial charge in [0.2, 0.25) is 5.91 Å². The second kappa shape index (κ2) is 8.55. The predicted molar refractivity (Wildman–Crippen MR) is 135 cm³/mol. The third-order valence-corrected chi connectivity index (χ3v) is 9.51. The minimum atomic E-state index is -3.12. The Bertz CT molecular complexity index is 1200. The fourth-order valence-electron chi connectivity index (χ4n) is 6.24. The van der Waals surface area contributed by atoms with E-state index in [0.717, 1.165) is 49.9 Å². The standard InChI is InChI=1S/C26H31F2N5O2S/c1-3-29-22-23(36-19-6-4-5-18-21(19)26(27,28)14-33(18)17(2)34)30-13-20(31-22)32-11-9-25(10-12-32)16-35-15-24(25)7-8-24/h4-6,13H,3,7-12,14-16H2,1-2H3,(H,29,31). The van der Waals surface area contributed by atoms with Crippen LogP contribution in [0.1, 0.15) is 45.1 Å². The molecule has 7 nitrogen and oxygen atoms in total. The molecule has 0 unspecified atom stereocenters. The van der Waals surface area contributed by atoms with Crippen molar-refractivity contribution >= 4 is 35.0 Å². The van der Waals surface area contributed by atoms with E-state index in [9.17, 15) is 13.6 Å². The number of fused-ring (bicyclic) bond motifs is 2. The summed E-state index contributed by atoms with van der Waals surface area (Å²) in [6.45, 7) is 6.90. The first kappa shape index (κ1) is 23.9. The Hall–Kier alpha value is -2.46. The SMILES string of the molecule is CCNc1nc(N2CCC3(CC2)COCC32CC2)cnc1Sc1cccc2c1C(F)(F)CN2C(C)=O. The van der Waals surface area contributed by atoms with Crippen LogP contribution in [0.3, 0.4) is 0 Å². The van der Waals surface area contributed by atoms with E-state index in [1.54, 1.807) is 24.4 Å². The van der Waals surface area contributed by atoms with Crippen molar-refractivity contribution in [1.29, 1.82) is 0 Å². The number of benzene rings is 1. The first-order chi connectivity index (χ1) is 17.3. The summed E-state index contributed by atoms with van der Waals surface area (Å²) in [5, 5.41) is 3.81. The van der Waals surface area contributed by atoms with Gasteiger partial charge in [-0.15, -0.1) is 0 Å². The summed E-state index contributed by atoms with van der Waals surface area (Å²) in [6.07, 6.45) is 6.52. The van der Waals surface area contributed by atoms with Gasteiger partial charge in [0.1, 0.15) is 10.8 Å². The molecule has 192 valence electrons. The molecule has 6 rings (SSSR count). The number of nitrogens with zero attached hydrogens (tertiary/aromatic N) is 4. The van der Waals surface area contributed by atoms with Gasteiger partial charge in [0.15, 0.2) is 5.82 Å². The molecule has 1 amide bonds. The van der Waals surface area contributed by atoms with Gasteiger partial charge in [-0.1, -0.05) is 17.8 Å². The molecule has 0 atom stereocenters. The van der Waals surface area contributed by atoms with Gasteiger partial charge in [0.25, 0.3) is 5.92 Å². The molecule has 1 saturated carbocycles. The molecule has 36 heavy (non-hydrogen) atoms. The van der Waals surface area contributed by atoms with Crippen LogP contribution in [0.15, 0.2) is 34.3 Å². The highest BCUT2D eigenvalue weighted by molar-refractivity contribution is 7.99. The molecular weight excluding hydrogens is 484 g/mol. The summed E-state index contributed by atoms with van der Waals surface area (Å²) >= 11 is 1.17. The zero-order valence-corrected chi connectivity index (χ0v) is 21.5. The number of alkyl halides is 2. The minimum Gasteiger partial charge on any atom is -0.380 e. The molecule has 1 aromatic carbocycles. The first-order valence-electron chi connectivity index (χ1n) is 12.7. The lowest BCUT2D eigenvalue weighted by molar-refractivity contribution is -0.117. The smallest absolute Gasteiger partial charge is 0.293 e. The Kier molecular flexibility index (Phi) is 5.68. The van der Waals surface area contributed by atoms with E-state index in [1.807, 2.05) is 6.92 Å². The Labute approximate surface area is 214 Å². The maximum atomic E-state index is 15.0. The van der Waals surface area contributed by atoms with Crippen LogP contribution in [0.5, 0.6) is 0 Å². The summed E-state index contributed by atoms with van der Waals surface area (Å²) in [6, 6.07) is 4.94. The number of nitrogens with one attached hydrogen (secondary N) is 1. The first-order valence-corrected chi connectivity index (χ1v) is 13.5. The van der Waals surface area contributed by atoms with Gasteiger partial charge in [-0.2, -0.15) is 8.78 Å². The fourth-order valence-corrected chi connectivity index (χ4v) is 7.27. The summed E-state index contributed by atoms with van der Waals surface area (Å²) in [5.74, 6) is -2.12. The molecule has 4 heterocycles. The number of carbonyl (C=O) groups is 1. The van der Waals surface area contributed by atoms with E-state index in [0.29, 0.717) is 33.1 Å². The van der Waals surface area contributed by atoms with Crippen LogP contribution in [-0.2, 0) is 15.5 Å². The minimum absolute atomic E-state index is 0.118. The number of ether oxygens (including phenoxy) is 1. The van der Waals surface area contributed by atoms with Gasteiger partial charge in [-0.05, 0) is 44.7 Å². The number of hydrogen-bond donors (Lipinski definition) is 1. The van der Waals surface area contributed by atoms with Gasteiger partial charge >= 0.3 is 0 Å². The number of hydrogen-bond acceptors (Lipinski definition) is 7. The predicted octanol–water partition coefficient (Wildman–Crippen LogP) is 4.91. The topological polar surface area (TPSA) is 70.6 Å². The summed E-state index contributed by atoms with van der Waals surface area (Å²) in [4.78, 5) is 25.3. The van der Waals surface area contributed by atoms with Crippen LogP contribution in [0.2, 0.25) is 0 Å².